The van der Waals surface area contributed by atoms with Crippen LogP contribution in [0.15, 0.2) is 48.5 Å². The Morgan fingerprint density at radius 2 is 1.76 bits per heavy atom. The molecule has 1 aromatic heterocycles. The molecule has 0 bridgehead atoms. The topological polar surface area (TPSA) is 36.4 Å². The van der Waals surface area contributed by atoms with Crippen LogP contribution in [0.3, 0.4) is 0 Å². The predicted molar refractivity (Wildman–Crippen MR) is 109 cm³/mol. The van der Waals surface area contributed by atoms with Crippen LogP contribution in [0.2, 0.25) is 0 Å². The molecule has 2 heterocycles. The SMILES string of the molecule is Cc1nc2ccccc2cc1C(=O)N1CCN(C(C)c2ccc(F)cc2F)CC1. The minimum Gasteiger partial charge on any atom is -0.336 e. The molecule has 29 heavy (non-hydrogen) atoms. The van der Waals surface area contributed by atoms with Gasteiger partial charge in [0, 0.05) is 49.2 Å². The van der Waals surface area contributed by atoms with Gasteiger partial charge in [-0.3, -0.25) is 14.7 Å². The van der Waals surface area contributed by atoms with Crippen LogP contribution in [0, 0.1) is 18.6 Å². The summed E-state index contributed by atoms with van der Waals surface area (Å²) in [6.07, 6.45) is 0. The van der Waals surface area contributed by atoms with E-state index in [0.717, 1.165) is 22.7 Å². The van der Waals surface area contributed by atoms with E-state index in [1.807, 2.05) is 49.1 Å². The lowest BCUT2D eigenvalue weighted by molar-refractivity contribution is 0.0578. The number of aromatic nitrogens is 1. The Kier molecular flexibility index (Phi) is 5.28. The predicted octanol–water partition coefficient (Wildman–Crippen LogP) is 4.34. The maximum Gasteiger partial charge on any atom is 0.255 e. The van der Waals surface area contributed by atoms with Gasteiger partial charge in [0.15, 0.2) is 0 Å². The molecule has 1 unspecified atom stereocenters. The van der Waals surface area contributed by atoms with Crippen LogP contribution in [0.5, 0.6) is 0 Å². The highest BCUT2D eigenvalue weighted by Crippen LogP contribution is 2.25. The van der Waals surface area contributed by atoms with Crippen molar-refractivity contribution in [1.29, 1.82) is 0 Å². The molecule has 6 heteroatoms. The van der Waals surface area contributed by atoms with Crippen molar-refractivity contribution in [2.45, 2.75) is 19.9 Å². The normalized spacial score (nSPS) is 16.2. The Hall–Kier alpha value is -2.86. The van der Waals surface area contributed by atoms with Gasteiger partial charge in [-0.1, -0.05) is 24.3 Å². The highest BCUT2D eigenvalue weighted by Gasteiger charge is 2.27. The number of carbonyl (C=O) groups excluding carboxylic acids is 1. The Labute approximate surface area is 168 Å². The van der Waals surface area contributed by atoms with Crippen molar-refractivity contribution in [2.75, 3.05) is 26.2 Å². The molecule has 2 aromatic carbocycles. The fourth-order valence-electron chi connectivity index (χ4n) is 3.95. The van der Waals surface area contributed by atoms with Crippen molar-refractivity contribution < 1.29 is 13.6 Å². The maximum atomic E-state index is 14.1. The summed E-state index contributed by atoms with van der Waals surface area (Å²) in [5.74, 6) is -1.14. The Morgan fingerprint density at radius 1 is 1.03 bits per heavy atom. The second-order valence-corrected chi connectivity index (χ2v) is 7.48. The third-order valence-corrected chi connectivity index (χ3v) is 5.71. The lowest BCUT2D eigenvalue weighted by Crippen LogP contribution is -2.49. The second kappa shape index (κ2) is 7.87. The number of aryl methyl sites for hydroxylation is 1. The number of hydrogen-bond donors (Lipinski definition) is 0. The molecule has 1 aliphatic rings. The van der Waals surface area contributed by atoms with Crippen LogP contribution in [-0.4, -0.2) is 46.9 Å². The first-order valence-corrected chi connectivity index (χ1v) is 9.78. The number of amides is 1. The number of nitrogens with zero attached hydrogens (tertiary/aromatic N) is 3. The summed E-state index contributed by atoms with van der Waals surface area (Å²) >= 11 is 0. The lowest BCUT2D eigenvalue weighted by Gasteiger charge is -2.38. The first kappa shape index (κ1) is 19.5. The van der Waals surface area contributed by atoms with Gasteiger partial charge in [-0.25, -0.2) is 8.78 Å². The van der Waals surface area contributed by atoms with Crippen LogP contribution in [0.1, 0.15) is 34.6 Å². The second-order valence-electron chi connectivity index (χ2n) is 7.48. The number of piperazine rings is 1. The van der Waals surface area contributed by atoms with Crippen molar-refractivity contribution >= 4 is 16.8 Å². The van der Waals surface area contributed by atoms with Crippen molar-refractivity contribution in [2.24, 2.45) is 0 Å². The van der Waals surface area contributed by atoms with E-state index in [1.54, 1.807) is 0 Å². The average molecular weight is 395 g/mol. The summed E-state index contributed by atoms with van der Waals surface area (Å²) < 4.78 is 27.3. The van der Waals surface area contributed by atoms with E-state index in [4.69, 9.17) is 0 Å². The van der Waals surface area contributed by atoms with Gasteiger partial charge in [0.2, 0.25) is 0 Å². The molecular formula is C23H23F2N3O. The van der Waals surface area contributed by atoms with Gasteiger partial charge in [0.1, 0.15) is 11.6 Å². The van der Waals surface area contributed by atoms with Gasteiger partial charge in [0.05, 0.1) is 16.8 Å². The van der Waals surface area contributed by atoms with E-state index in [-0.39, 0.29) is 11.9 Å². The molecule has 1 atom stereocenters. The van der Waals surface area contributed by atoms with E-state index in [2.05, 4.69) is 9.88 Å². The van der Waals surface area contributed by atoms with Gasteiger partial charge >= 0.3 is 0 Å². The fourth-order valence-corrected chi connectivity index (χ4v) is 3.95. The minimum atomic E-state index is -0.576. The van der Waals surface area contributed by atoms with E-state index in [9.17, 15) is 13.6 Å². The van der Waals surface area contributed by atoms with Gasteiger partial charge in [-0.15, -0.1) is 0 Å². The highest BCUT2D eigenvalue weighted by atomic mass is 19.1. The molecule has 3 aromatic rings. The molecule has 0 radical (unpaired) electrons. The average Bonchev–Trinajstić information content (AvgIpc) is 2.72. The molecule has 0 saturated carbocycles. The van der Waals surface area contributed by atoms with E-state index < -0.39 is 11.6 Å². The fraction of sp³-hybridized carbons (Fsp3) is 0.304. The monoisotopic (exact) mass is 395 g/mol. The number of carbonyl (C=O) groups is 1. The van der Waals surface area contributed by atoms with Gasteiger partial charge in [0.25, 0.3) is 5.91 Å². The molecule has 1 aliphatic heterocycles. The Bertz CT molecular complexity index is 1060. The molecule has 0 N–H and O–H groups in total. The first-order chi connectivity index (χ1) is 13.9. The largest absolute Gasteiger partial charge is 0.336 e. The molecule has 1 amide bonds. The minimum absolute atomic E-state index is 0.0268. The smallest absolute Gasteiger partial charge is 0.255 e. The molecule has 0 aliphatic carbocycles. The third-order valence-electron chi connectivity index (χ3n) is 5.71. The summed E-state index contributed by atoms with van der Waals surface area (Å²) in [4.78, 5) is 21.6. The zero-order valence-corrected chi connectivity index (χ0v) is 16.5. The van der Waals surface area contributed by atoms with Crippen LogP contribution in [0.4, 0.5) is 8.78 Å². The number of halogens is 2. The van der Waals surface area contributed by atoms with Gasteiger partial charge in [-0.05, 0) is 32.0 Å². The van der Waals surface area contributed by atoms with Crippen LogP contribution >= 0.6 is 0 Å². The van der Waals surface area contributed by atoms with E-state index >= 15 is 0 Å². The number of pyridine rings is 1. The molecule has 1 fully saturated rings. The number of hydrogen-bond acceptors (Lipinski definition) is 3. The molecule has 4 rings (SSSR count). The quantitative estimate of drug-likeness (QED) is 0.662. The summed E-state index contributed by atoms with van der Waals surface area (Å²) in [6.45, 7) is 6.13. The first-order valence-electron chi connectivity index (χ1n) is 9.78. The summed E-state index contributed by atoms with van der Waals surface area (Å²) in [7, 11) is 0. The highest BCUT2D eigenvalue weighted by molar-refractivity contribution is 5.98. The van der Waals surface area contributed by atoms with Crippen molar-refractivity contribution in [1.82, 2.24) is 14.8 Å². The van der Waals surface area contributed by atoms with E-state index in [1.165, 1.54) is 12.1 Å². The summed E-state index contributed by atoms with van der Waals surface area (Å²) in [5.41, 5.74) is 2.69. The Balaban J connectivity index is 1.47. The Morgan fingerprint density at radius 3 is 2.48 bits per heavy atom. The van der Waals surface area contributed by atoms with Gasteiger partial charge in [-0.2, -0.15) is 0 Å². The van der Waals surface area contributed by atoms with Gasteiger partial charge < -0.3 is 4.90 Å². The van der Waals surface area contributed by atoms with Crippen LogP contribution in [0.25, 0.3) is 10.9 Å². The number of benzene rings is 2. The molecular weight excluding hydrogens is 372 g/mol. The number of para-hydroxylation sites is 1. The number of rotatable bonds is 3. The zero-order valence-electron chi connectivity index (χ0n) is 16.5. The zero-order chi connectivity index (χ0) is 20.5. The van der Waals surface area contributed by atoms with Crippen molar-refractivity contribution in [3.63, 3.8) is 0 Å². The van der Waals surface area contributed by atoms with Crippen LogP contribution < -0.4 is 0 Å². The van der Waals surface area contributed by atoms with Crippen LogP contribution in [-0.2, 0) is 0 Å². The molecule has 0 spiro atoms. The third kappa shape index (κ3) is 3.85. The molecule has 150 valence electrons. The molecule has 1 saturated heterocycles. The number of fused-ring (bicyclic) bond motifs is 1. The lowest BCUT2D eigenvalue weighted by atomic mass is 10.0. The van der Waals surface area contributed by atoms with Crippen molar-refractivity contribution in [3.8, 4) is 0 Å². The standard InChI is InChI=1S/C23H23F2N3O/c1-15-20(13-17-5-3-4-6-22(17)26-15)23(29)28-11-9-27(10-12-28)16(2)19-8-7-18(24)14-21(19)25/h3-8,13-14,16H,9-12H2,1-2H3. The van der Waals surface area contributed by atoms with E-state index in [0.29, 0.717) is 37.3 Å². The van der Waals surface area contributed by atoms with Crippen molar-refractivity contribution in [3.05, 3.63) is 77.0 Å². The summed E-state index contributed by atoms with van der Waals surface area (Å²) in [6, 6.07) is 13.2. The maximum absolute atomic E-state index is 14.1. The summed E-state index contributed by atoms with van der Waals surface area (Å²) in [5, 5.41) is 0.945. The molecule has 4 nitrogen and oxygen atoms in total.